The van der Waals surface area contributed by atoms with Crippen LogP contribution in [0, 0.1) is 5.92 Å². The zero-order chi connectivity index (χ0) is 20.8. The highest BCUT2D eigenvalue weighted by Gasteiger charge is 2.28. The quantitative estimate of drug-likeness (QED) is 0.335. The number of nitrogens with zero attached hydrogens (tertiary/aromatic N) is 5. The molecule has 0 radical (unpaired) electrons. The van der Waals surface area contributed by atoms with Gasteiger partial charge in [0, 0.05) is 58.4 Å². The fraction of sp³-hybridized carbons (Fsp3) is 0.583. The molecule has 2 saturated heterocycles. The molecule has 0 aliphatic carbocycles. The molecule has 2 aliphatic rings. The molecule has 2 unspecified atom stereocenters. The van der Waals surface area contributed by atoms with E-state index in [0.717, 1.165) is 45.1 Å². The molecule has 170 valence electrons. The normalized spacial score (nSPS) is 22.0. The third-order valence-electron chi connectivity index (χ3n) is 6.45. The van der Waals surface area contributed by atoms with Gasteiger partial charge in [-0.3, -0.25) is 9.67 Å². The molecule has 3 heterocycles. The molecule has 0 amide bonds. The van der Waals surface area contributed by atoms with Crippen LogP contribution in [-0.4, -0.2) is 71.4 Å². The van der Waals surface area contributed by atoms with Crippen molar-refractivity contribution in [2.24, 2.45) is 18.0 Å². The molecule has 0 bridgehead atoms. The molecule has 2 aliphatic heterocycles. The van der Waals surface area contributed by atoms with Gasteiger partial charge in [-0.25, -0.2) is 0 Å². The number of rotatable bonds is 7. The maximum atomic E-state index is 5.05. The molecule has 1 aromatic carbocycles. The third-order valence-corrected chi connectivity index (χ3v) is 6.45. The molecule has 1 N–H and O–H groups in total. The lowest BCUT2D eigenvalue weighted by Gasteiger charge is -2.22. The zero-order valence-corrected chi connectivity index (χ0v) is 21.2. The summed E-state index contributed by atoms with van der Waals surface area (Å²) in [6.45, 7) is 9.64. The molecule has 2 fully saturated rings. The van der Waals surface area contributed by atoms with Gasteiger partial charge in [-0.05, 0) is 49.8 Å². The number of aryl methyl sites for hydroxylation is 1. The highest BCUT2D eigenvalue weighted by atomic mass is 127. The summed E-state index contributed by atoms with van der Waals surface area (Å²) in [6.07, 6.45) is 7.74. The van der Waals surface area contributed by atoms with E-state index >= 15 is 0 Å². The van der Waals surface area contributed by atoms with Crippen molar-refractivity contribution >= 4 is 29.9 Å². The Morgan fingerprint density at radius 3 is 2.74 bits per heavy atom. The first-order valence-electron chi connectivity index (χ1n) is 11.5. The third kappa shape index (κ3) is 6.68. The molecule has 6 nitrogen and oxygen atoms in total. The van der Waals surface area contributed by atoms with Gasteiger partial charge in [-0.2, -0.15) is 5.10 Å². The number of aliphatic imine (C=N–C) groups is 1. The van der Waals surface area contributed by atoms with Crippen LogP contribution in [0.15, 0.2) is 47.7 Å². The van der Waals surface area contributed by atoms with Crippen LogP contribution < -0.4 is 5.32 Å². The second-order valence-electron chi connectivity index (χ2n) is 8.76. The lowest BCUT2D eigenvalue weighted by molar-refractivity contribution is 0.329. The molecule has 1 aromatic heterocycles. The maximum absolute atomic E-state index is 5.05. The van der Waals surface area contributed by atoms with Gasteiger partial charge in [0.05, 0.1) is 6.20 Å². The van der Waals surface area contributed by atoms with Crippen molar-refractivity contribution < 1.29 is 0 Å². The van der Waals surface area contributed by atoms with E-state index in [-0.39, 0.29) is 24.0 Å². The Labute approximate surface area is 204 Å². The summed E-state index contributed by atoms with van der Waals surface area (Å²) in [5.41, 5.74) is 2.78. The number of hydrogen-bond donors (Lipinski definition) is 1. The second kappa shape index (κ2) is 11.9. The molecule has 2 atom stereocenters. The van der Waals surface area contributed by atoms with Crippen LogP contribution in [0.3, 0.4) is 0 Å². The van der Waals surface area contributed by atoms with Crippen LogP contribution in [0.25, 0.3) is 0 Å². The molecular formula is C24H37IN6. The van der Waals surface area contributed by atoms with E-state index in [1.807, 2.05) is 17.9 Å². The summed E-state index contributed by atoms with van der Waals surface area (Å²) in [6, 6.07) is 10.8. The van der Waals surface area contributed by atoms with Crippen molar-refractivity contribution in [3.05, 3.63) is 53.9 Å². The summed E-state index contributed by atoms with van der Waals surface area (Å²) in [5.74, 6) is 2.32. The highest BCUT2D eigenvalue weighted by molar-refractivity contribution is 14.0. The minimum Gasteiger partial charge on any atom is -0.357 e. The number of nitrogens with one attached hydrogen (secondary N) is 1. The minimum absolute atomic E-state index is 0. The monoisotopic (exact) mass is 536 g/mol. The summed E-state index contributed by atoms with van der Waals surface area (Å²) < 4.78 is 1.90. The molecule has 31 heavy (non-hydrogen) atoms. The Morgan fingerprint density at radius 1 is 1.16 bits per heavy atom. The van der Waals surface area contributed by atoms with E-state index in [4.69, 9.17) is 4.99 Å². The van der Waals surface area contributed by atoms with Crippen LogP contribution in [0.5, 0.6) is 0 Å². The number of hydrogen-bond acceptors (Lipinski definition) is 3. The van der Waals surface area contributed by atoms with E-state index in [1.165, 1.54) is 37.1 Å². The van der Waals surface area contributed by atoms with Crippen molar-refractivity contribution in [3.8, 4) is 0 Å². The van der Waals surface area contributed by atoms with Gasteiger partial charge in [0.2, 0.25) is 0 Å². The Bertz CT molecular complexity index is 820. The topological polar surface area (TPSA) is 48.7 Å². The van der Waals surface area contributed by atoms with Crippen LogP contribution in [-0.2, 0) is 13.5 Å². The van der Waals surface area contributed by atoms with Gasteiger partial charge in [-0.1, -0.05) is 30.3 Å². The summed E-state index contributed by atoms with van der Waals surface area (Å²) in [4.78, 5) is 10.1. The van der Waals surface area contributed by atoms with Crippen molar-refractivity contribution in [2.75, 3.05) is 45.8 Å². The van der Waals surface area contributed by atoms with Crippen LogP contribution in [0.4, 0.5) is 0 Å². The minimum atomic E-state index is 0. The molecule has 0 saturated carbocycles. The van der Waals surface area contributed by atoms with E-state index in [0.29, 0.717) is 11.8 Å². The van der Waals surface area contributed by atoms with Gasteiger partial charge in [0.15, 0.2) is 5.96 Å². The Hall–Kier alpha value is -1.61. The van der Waals surface area contributed by atoms with Gasteiger partial charge in [0.25, 0.3) is 0 Å². The first kappa shape index (κ1) is 24.0. The maximum Gasteiger partial charge on any atom is 0.193 e. The first-order valence-corrected chi connectivity index (χ1v) is 11.5. The van der Waals surface area contributed by atoms with E-state index in [2.05, 4.69) is 63.7 Å². The van der Waals surface area contributed by atoms with Crippen molar-refractivity contribution in [1.29, 1.82) is 0 Å². The predicted molar refractivity (Wildman–Crippen MR) is 138 cm³/mol. The summed E-state index contributed by atoms with van der Waals surface area (Å²) >= 11 is 0. The molecular weight excluding hydrogens is 499 g/mol. The van der Waals surface area contributed by atoms with Crippen molar-refractivity contribution in [3.63, 3.8) is 0 Å². The number of guanidine groups is 1. The highest BCUT2D eigenvalue weighted by Crippen LogP contribution is 2.27. The van der Waals surface area contributed by atoms with Crippen LogP contribution in [0.1, 0.15) is 36.8 Å². The summed E-state index contributed by atoms with van der Waals surface area (Å²) in [7, 11) is 1.99. The number of halogens is 1. The predicted octanol–water partition coefficient (Wildman–Crippen LogP) is 3.36. The van der Waals surface area contributed by atoms with Gasteiger partial charge >= 0.3 is 0 Å². The lowest BCUT2D eigenvalue weighted by Crippen LogP contribution is -2.40. The largest absolute Gasteiger partial charge is 0.357 e. The first-order chi connectivity index (χ1) is 14.7. The van der Waals surface area contributed by atoms with Gasteiger partial charge in [-0.15, -0.1) is 24.0 Å². The molecule has 4 rings (SSSR count). The number of likely N-dealkylation sites (tertiary alicyclic amines) is 2. The molecule has 2 aromatic rings. The van der Waals surface area contributed by atoms with Gasteiger partial charge in [0.1, 0.15) is 0 Å². The fourth-order valence-electron chi connectivity index (χ4n) is 4.71. The van der Waals surface area contributed by atoms with Crippen LogP contribution in [0.2, 0.25) is 0 Å². The lowest BCUT2D eigenvalue weighted by atomic mass is 10.0. The Balaban J connectivity index is 0.00000272. The van der Waals surface area contributed by atoms with E-state index in [9.17, 15) is 0 Å². The van der Waals surface area contributed by atoms with E-state index < -0.39 is 0 Å². The van der Waals surface area contributed by atoms with Crippen molar-refractivity contribution in [2.45, 2.75) is 32.1 Å². The number of benzene rings is 1. The van der Waals surface area contributed by atoms with Crippen LogP contribution >= 0.6 is 24.0 Å². The second-order valence-corrected chi connectivity index (χ2v) is 8.76. The van der Waals surface area contributed by atoms with Gasteiger partial charge < -0.3 is 15.1 Å². The Kier molecular flexibility index (Phi) is 9.19. The average Bonchev–Trinajstić information content (AvgIpc) is 3.51. The average molecular weight is 537 g/mol. The smallest absolute Gasteiger partial charge is 0.193 e. The standard InChI is InChI=1S/C24H36N6.HI/c1-3-25-24(30-14-11-22(19-30)23-16-27-28(2)18-23)26-15-21-10-13-29(17-21)12-9-20-7-5-4-6-8-20;/h4-8,16,18,21-22H,3,9-15,17,19H2,1-2H3,(H,25,26);1H. The Morgan fingerprint density at radius 2 is 2.00 bits per heavy atom. The van der Waals surface area contributed by atoms with E-state index in [1.54, 1.807) is 0 Å². The molecule has 7 heteroatoms. The SMILES string of the molecule is CCNC(=NCC1CCN(CCc2ccccc2)C1)N1CCC(c2cnn(C)c2)C1.I. The fourth-order valence-corrected chi connectivity index (χ4v) is 4.71. The molecule has 0 spiro atoms. The number of aromatic nitrogens is 2. The zero-order valence-electron chi connectivity index (χ0n) is 18.9. The van der Waals surface area contributed by atoms with Crippen molar-refractivity contribution in [1.82, 2.24) is 24.9 Å². The summed E-state index contributed by atoms with van der Waals surface area (Å²) in [5, 5.41) is 7.87.